The van der Waals surface area contributed by atoms with Gasteiger partial charge >= 0.3 is 6.01 Å². The van der Waals surface area contributed by atoms with Gasteiger partial charge in [-0.05, 0) is 48.5 Å². The van der Waals surface area contributed by atoms with Gasteiger partial charge in [-0.2, -0.15) is 4.98 Å². The Bertz CT molecular complexity index is 2690. The first-order valence-electron chi connectivity index (χ1n) is 14.1. The Morgan fingerprint density at radius 2 is 1.21 bits per heavy atom. The van der Waals surface area contributed by atoms with Gasteiger partial charge in [0.1, 0.15) is 5.52 Å². The summed E-state index contributed by atoms with van der Waals surface area (Å²) in [6.45, 7) is 0. The third-order valence-electron chi connectivity index (χ3n) is 8.56. The minimum Gasteiger partial charge on any atom is -0.422 e. The second-order valence-electron chi connectivity index (χ2n) is 10.8. The smallest absolute Gasteiger partial charge is 0.307 e. The molecule has 4 aromatic heterocycles. The molecular weight excluding hydrogens is 534 g/mol. The van der Waals surface area contributed by atoms with Crippen molar-refractivity contribution in [3.05, 3.63) is 127 Å². The van der Waals surface area contributed by atoms with Crippen molar-refractivity contribution in [3.63, 3.8) is 0 Å². The lowest BCUT2D eigenvalue weighted by Crippen LogP contribution is -1.95. The van der Waals surface area contributed by atoms with Crippen molar-refractivity contribution in [1.29, 1.82) is 0 Å². The molecule has 4 nitrogen and oxygen atoms in total. The minimum absolute atomic E-state index is 0.586. The predicted octanol–water partition coefficient (Wildman–Crippen LogP) is 10.4. The minimum atomic E-state index is 0.586. The van der Waals surface area contributed by atoms with Crippen LogP contribution in [0.3, 0.4) is 0 Å². The molecule has 10 rings (SSSR count). The molecule has 0 fully saturated rings. The van der Waals surface area contributed by atoms with Crippen LogP contribution in [-0.2, 0) is 0 Å². The number of rotatable bonds is 2. The van der Waals surface area contributed by atoms with Gasteiger partial charge in [0.25, 0.3) is 0 Å². The van der Waals surface area contributed by atoms with Gasteiger partial charge in [0.05, 0.1) is 22.1 Å². The van der Waals surface area contributed by atoms with Crippen molar-refractivity contribution in [1.82, 2.24) is 14.1 Å². The van der Waals surface area contributed by atoms with E-state index in [1.54, 1.807) is 11.3 Å². The number of hydrogen-bond donors (Lipinski definition) is 0. The maximum absolute atomic E-state index is 6.81. The Labute approximate surface area is 243 Å². The first-order valence-corrected chi connectivity index (χ1v) is 14.9. The van der Waals surface area contributed by atoms with Crippen molar-refractivity contribution >= 4 is 86.2 Å². The molecule has 6 aromatic carbocycles. The van der Waals surface area contributed by atoms with E-state index in [4.69, 9.17) is 9.40 Å². The fourth-order valence-corrected chi connectivity index (χ4v) is 7.95. The molecule has 0 saturated carbocycles. The van der Waals surface area contributed by atoms with E-state index < -0.39 is 0 Å². The lowest BCUT2D eigenvalue weighted by atomic mass is 10.1. The van der Waals surface area contributed by atoms with Crippen LogP contribution in [-0.4, -0.2) is 14.1 Å². The van der Waals surface area contributed by atoms with Gasteiger partial charge < -0.3 is 8.98 Å². The molecule has 0 N–H and O–H groups in total. The summed E-state index contributed by atoms with van der Waals surface area (Å²) in [7, 11) is 0. The number of oxazole rings is 1. The Morgan fingerprint density at radius 3 is 2.07 bits per heavy atom. The van der Waals surface area contributed by atoms with Gasteiger partial charge in [-0.15, -0.1) is 11.3 Å². The van der Waals surface area contributed by atoms with Crippen molar-refractivity contribution in [3.8, 4) is 11.7 Å². The van der Waals surface area contributed by atoms with Gasteiger partial charge in [0, 0.05) is 47.4 Å². The highest BCUT2D eigenvalue weighted by atomic mass is 32.1. The van der Waals surface area contributed by atoms with Gasteiger partial charge in [0.2, 0.25) is 0 Å². The van der Waals surface area contributed by atoms with Gasteiger partial charge in [-0.25, -0.2) is 0 Å². The van der Waals surface area contributed by atoms with Crippen LogP contribution in [0.1, 0.15) is 0 Å². The van der Waals surface area contributed by atoms with Crippen LogP contribution < -0.4 is 0 Å². The van der Waals surface area contributed by atoms with E-state index in [2.05, 4.69) is 137 Å². The van der Waals surface area contributed by atoms with Crippen molar-refractivity contribution in [2.24, 2.45) is 0 Å². The quantitative estimate of drug-likeness (QED) is 0.213. The lowest BCUT2D eigenvalue weighted by Gasteiger charge is -2.08. The highest BCUT2D eigenvalue weighted by Crippen LogP contribution is 2.43. The standard InChI is InChI=1S/C37H21N3OS/c1-2-10-22(11-3-1)39-29-16-8-5-13-25(29)33-30(39)20-18-24-23-12-4-7-15-28(23)40(35(24)33)37-38-27-19-21-32-34(36(27)41-37)26-14-6-9-17-31(26)42-32/h1-21H. The number of para-hydroxylation sites is 3. The van der Waals surface area contributed by atoms with Crippen LogP contribution in [0.4, 0.5) is 0 Å². The van der Waals surface area contributed by atoms with Crippen molar-refractivity contribution in [2.45, 2.75) is 0 Å². The molecule has 4 heterocycles. The number of nitrogens with zero attached hydrogens (tertiary/aromatic N) is 3. The molecule has 0 saturated heterocycles. The summed E-state index contributed by atoms with van der Waals surface area (Å²) in [6, 6.07) is 45.7. The van der Waals surface area contributed by atoms with Gasteiger partial charge in [-0.3, -0.25) is 4.57 Å². The number of benzene rings is 6. The number of aromatic nitrogens is 3. The summed E-state index contributed by atoms with van der Waals surface area (Å²) in [5.41, 5.74) is 7.36. The van der Waals surface area contributed by atoms with Crippen LogP contribution in [0.15, 0.2) is 132 Å². The van der Waals surface area contributed by atoms with Crippen molar-refractivity contribution < 1.29 is 4.42 Å². The van der Waals surface area contributed by atoms with E-state index in [9.17, 15) is 0 Å². The maximum atomic E-state index is 6.81. The summed E-state index contributed by atoms with van der Waals surface area (Å²) in [6.07, 6.45) is 0. The fraction of sp³-hybridized carbons (Fsp3) is 0. The van der Waals surface area contributed by atoms with E-state index in [1.165, 1.54) is 41.8 Å². The van der Waals surface area contributed by atoms with Gasteiger partial charge in [-0.1, -0.05) is 78.9 Å². The summed E-state index contributed by atoms with van der Waals surface area (Å²) in [5, 5.41) is 7.10. The molecule has 0 aliphatic carbocycles. The zero-order valence-corrected chi connectivity index (χ0v) is 23.1. The summed E-state index contributed by atoms with van der Waals surface area (Å²) in [5.74, 6) is 0. The molecule has 0 atom stereocenters. The van der Waals surface area contributed by atoms with E-state index in [1.807, 2.05) is 0 Å². The Hall–Kier alpha value is -5.39. The molecule has 196 valence electrons. The molecule has 0 radical (unpaired) electrons. The maximum Gasteiger partial charge on any atom is 0.307 e. The molecule has 10 aromatic rings. The molecule has 0 unspecified atom stereocenters. The highest BCUT2D eigenvalue weighted by molar-refractivity contribution is 7.26. The normalized spacial score (nSPS) is 12.3. The van der Waals surface area contributed by atoms with Crippen LogP contribution in [0.2, 0.25) is 0 Å². The fourth-order valence-electron chi connectivity index (χ4n) is 6.84. The highest BCUT2D eigenvalue weighted by Gasteiger charge is 2.23. The van der Waals surface area contributed by atoms with E-state index in [-0.39, 0.29) is 0 Å². The zero-order chi connectivity index (χ0) is 27.4. The Kier molecular flexibility index (Phi) is 4.30. The average molecular weight is 556 g/mol. The SMILES string of the molecule is c1ccc(-n2c3ccccc3c3c2ccc2c4ccccc4n(-c4nc5ccc6sc7ccccc7c6c5o4)c23)cc1. The Morgan fingerprint density at radius 1 is 0.500 bits per heavy atom. The number of fused-ring (bicyclic) bond motifs is 12. The van der Waals surface area contributed by atoms with Gasteiger partial charge in [0.15, 0.2) is 5.58 Å². The second kappa shape index (κ2) is 8.09. The van der Waals surface area contributed by atoms with E-state index in [0.29, 0.717) is 6.01 Å². The Balaban J connectivity index is 1.39. The molecule has 0 bridgehead atoms. The van der Waals surface area contributed by atoms with Crippen LogP contribution in [0.5, 0.6) is 0 Å². The molecule has 5 heteroatoms. The first-order chi connectivity index (χ1) is 20.8. The summed E-state index contributed by atoms with van der Waals surface area (Å²) >= 11 is 1.79. The molecular formula is C37H21N3OS. The molecule has 0 amide bonds. The van der Waals surface area contributed by atoms with E-state index >= 15 is 0 Å². The topological polar surface area (TPSA) is 35.9 Å². The molecule has 0 spiro atoms. The van der Waals surface area contributed by atoms with Crippen LogP contribution in [0, 0.1) is 0 Å². The first kappa shape index (κ1) is 22.3. The molecule has 0 aliphatic heterocycles. The van der Waals surface area contributed by atoms with Crippen LogP contribution in [0.25, 0.3) is 86.6 Å². The van der Waals surface area contributed by atoms with Crippen LogP contribution >= 0.6 is 11.3 Å². The largest absolute Gasteiger partial charge is 0.422 e. The van der Waals surface area contributed by atoms with Crippen molar-refractivity contribution in [2.75, 3.05) is 0 Å². The summed E-state index contributed by atoms with van der Waals surface area (Å²) < 4.78 is 13.9. The zero-order valence-electron chi connectivity index (χ0n) is 22.3. The number of hydrogen-bond acceptors (Lipinski definition) is 3. The average Bonchev–Trinajstić information content (AvgIpc) is 3.79. The third-order valence-corrected chi connectivity index (χ3v) is 9.70. The lowest BCUT2D eigenvalue weighted by molar-refractivity contribution is 0.577. The molecule has 42 heavy (non-hydrogen) atoms. The summed E-state index contributed by atoms with van der Waals surface area (Å²) in [4.78, 5) is 5.14. The third kappa shape index (κ3) is 2.83. The molecule has 0 aliphatic rings. The predicted molar refractivity (Wildman–Crippen MR) is 176 cm³/mol. The van der Waals surface area contributed by atoms with E-state index in [0.717, 1.165) is 38.7 Å². The number of thiophene rings is 1. The second-order valence-corrected chi connectivity index (χ2v) is 11.9. The monoisotopic (exact) mass is 555 g/mol.